The predicted molar refractivity (Wildman–Crippen MR) is 116 cm³/mol. The van der Waals surface area contributed by atoms with E-state index in [1.807, 2.05) is 0 Å². The van der Waals surface area contributed by atoms with Crippen molar-refractivity contribution in [3.05, 3.63) is 64.7 Å². The van der Waals surface area contributed by atoms with Crippen molar-refractivity contribution >= 4 is 46.4 Å². The molecule has 2 amide bonds. The molecule has 1 aliphatic carbocycles. The summed E-state index contributed by atoms with van der Waals surface area (Å²) in [4.78, 5) is 24.7. The highest BCUT2D eigenvalue weighted by Crippen LogP contribution is 2.18. The smallest absolute Gasteiger partial charge is 0.257 e. The third-order valence-corrected chi connectivity index (χ3v) is 5.11. The van der Waals surface area contributed by atoms with Gasteiger partial charge in [0.1, 0.15) is 0 Å². The molecule has 3 N–H and O–H groups in total. The van der Waals surface area contributed by atoms with Gasteiger partial charge < -0.3 is 10.6 Å². The van der Waals surface area contributed by atoms with Crippen molar-refractivity contribution in [2.24, 2.45) is 0 Å². The highest BCUT2D eigenvalue weighted by Gasteiger charge is 2.17. The van der Waals surface area contributed by atoms with E-state index < -0.39 is 0 Å². The van der Waals surface area contributed by atoms with Crippen molar-refractivity contribution in [1.29, 1.82) is 0 Å². The average Bonchev–Trinajstić information content (AvgIpc) is 2.69. The molecule has 0 saturated heterocycles. The Morgan fingerprint density at radius 2 is 1.64 bits per heavy atom. The molecule has 3 rings (SSSR count). The summed E-state index contributed by atoms with van der Waals surface area (Å²) in [7, 11) is 0. The van der Waals surface area contributed by atoms with Crippen LogP contribution >= 0.6 is 23.8 Å². The van der Waals surface area contributed by atoms with Crippen LogP contribution < -0.4 is 16.0 Å². The van der Waals surface area contributed by atoms with Crippen LogP contribution in [0.25, 0.3) is 0 Å². The molecule has 2 aromatic rings. The molecule has 1 saturated carbocycles. The average molecular weight is 416 g/mol. The lowest BCUT2D eigenvalue weighted by atomic mass is 9.95. The maximum atomic E-state index is 12.5. The molecule has 0 radical (unpaired) electrons. The van der Waals surface area contributed by atoms with E-state index in [4.69, 9.17) is 23.8 Å². The van der Waals surface area contributed by atoms with Crippen LogP contribution in [0.1, 0.15) is 52.8 Å². The summed E-state index contributed by atoms with van der Waals surface area (Å²) in [6, 6.07) is 13.8. The Hall–Kier alpha value is -2.44. The second-order valence-electron chi connectivity index (χ2n) is 6.80. The number of carbonyl (C=O) groups excluding carboxylic acids is 2. The molecule has 7 heteroatoms. The fraction of sp³-hybridized carbons (Fsp3) is 0.286. The normalized spacial score (nSPS) is 14.2. The number of carbonyl (C=O) groups is 2. The first-order chi connectivity index (χ1) is 13.5. The molecule has 0 bridgehead atoms. The third-order valence-electron chi connectivity index (χ3n) is 4.66. The van der Waals surface area contributed by atoms with Gasteiger partial charge >= 0.3 is 0 Å². The van der Waals surface area contributed by atoms with Gasteiger partial charge in [-0.25, -0.2) is 0 Å². The van der Waals surface area contributed by atoms with Crippen LogP contribution in [-0.2, 0) is 0 Å². The van der Waals surface area contributed by atoms with Crippen molar-refractivity contribution in [1.82, 2.24) is 10.6 Å². The zero-order valence-electron chi connectivity index (χ0n) is 15.3. The molecule has 0 aromatic heterocycles. The van der Waals surface area contributed by atoms with Crippen molar-refractivity contribution in [3.8, 4) is 0 Å². The zero-order valence-corrected chi connectivity index (χ0v) is 16.9. The van der Waals surface area contributed by atoms with Gasteiger partial charge in [0.15, 0.2) is 5.11 Å². The van der Waals surface area contributed by atoms with Crippen LogP contribution in [0.15, 0.2) is 48.5 Å². The fourth-order valence-electron chi connectivity index (χ4n) is 3.19. The Bertz CT molecular complexity index is 864. The van der Waals surface area contributed by atoms with Crippen LogP contribution in [0.3, 0.4) is 0 Å². The highest BCUT2D eigenvalue weighted by atomic mass is 35.5. The molecular weight excluding hydrogens is 394 g/mol. The van der Waals surface area contributed by atoms with Crippen LogP contribution in [0, 0.1) is 0 Å². The minimum atomic E-state index is -0.333. The summed E-state index contributed by atoms with van der Waals surface area (Å²) in [5.74, 6) is -0.424. The van der Waals surface area contributed by atoms with Crippen molar-refractivity contribution in [3.63, 3.8) is 0 Å². The van der Waals surface area contributed by atoms with Crippen molar-refractivity contribution in [2.75, 3.05) is 5.32 Å². The van der Waals surface area contributed by atoms with Crippen molar-refractivity contribution in [2.45, 2.75) is 38.1 Å². The van der Waals surface area contributed by atoms with Crippen molar-refractivity contribution < 1.29 is 9.59 Å². The first kappa shape index (κ1) is 20.3. The minimum absolute atomic E-state index is 0.0910. The SMILES string of the molecule is O=C(NC(=S)Nc1cccc(C(=O)NC2CCCCC2)c1)c1ccc(Cl)cc1. The van der Waals surface area contributed by atoms with E-state index in [2.05, 4.69) is 16.0 Å². The lowest BCUT2D eigenvalue weighted by Crippen LogP contribution is -2.36. The number of halogens is 1. The lowest BCUT2D eigenvalue weighted by molar-refractivity contribution is 0.0926. The molecule has 1 aliphatic rings. The summed E-state index contributed by atoms with van der Waals surface area (Å²) in [6.45, 7) is 0. The van der Waals surface area contributed by atoms with Gasteiger partial charge in [0, 0.05) is 27.9 Å². The molecule has 1 fully saturated rings. The number of benzene rings is 2. The standard InChI is InChI=1S/C21H22ClN3O2S/c22-16-11-9-14(10-12-16)19(26)25-21(28)24-18-8-4-5-15(13-18)20(27)23-17-6-2-1-3-7-17/h4-5,8-13,17H,1-3,6-7H2,(H,23,27)(H2,24,25,26,28). The molecule has 28 heavy (non-hydrogen) atoms. The summed E-state index contributed by atoms with van der Waals surface area (Å²) in [6.07, 6.45) is 5.63. The molecule has 146 valence electrons. The Labute approximate surface area is 174 Å². The van der Waals surface area contributed by atoms with E-state index in [0.29, 0.717) is 21.8 Å². The van der Waals surface area contributed by atoms with Gasteiger partial charge in [-0.15, -0.1) is 0 Å². The van der Waals surface area contributed by atoms with Crippen LogP contribution in [0.4, 0.5) is 5.69 Å². The molecule has 0 spiro atoms. The lowest BCUT2D eigenvalue weighted by Gasteiger charge is -2.22. The summed E-state index contributed by atoms with van der Waals surface area (Å²) < 4.78 is 0. The van der Waals surface area contributed by atoms with Gasteiger partial charge in [0.2, 0.25) is 0 Å². The van der Waals surface area contributed by atoms with Crippen LogP contribution in [0.2, 0.25) is 5.02 Å². The number of hydrogen-bond donors (Lipinski definition) is 3. The van der Waals surface area contributed by atoms with E-state index in [9.17, 15) is 9.59 Å². The second kappa shape index (κ2) is 9.66. The number of hydrogen-bond acceptors (Lipinski definition) is 3. The largest absolute Gasteiger partial charge is 0.349 e. The molecule has 2 aromatic carbocycles. The van der Waals surface area contributed by atoms with E-state index in [-0.39, 0.29) is 23.0 Å². The van der Waals surface area contributed by atoms with Gasteiger partial charge in [-0.1, -0.05) is 36.9 Å². The molecular formula is C21H22ClN3O2S. The van der Waals surface area contributed by atoms with E-state index >= 15 is 0 Å². The van der Waals surface area contributed by atoms with E-state index in [1.165, 1.54) is 6.42 Å². The predicted octanol–water partition coefficient (Wildman–Crippen LogP) is 4.53. The number of nitrogens with one attached hydrogen (secondary N) is 3. The number of rotatable bonds is 4. The van der Waals surface area contributed by atoms with Crippen LogP contribution in [-0.4, -0.2) is 23.0 Å². The monoisotopic (exact) mass is 415 g/mol. The molecule has 0 atom stereocenters. The Morgan fingerprint density at radius 3 is 2.36 bits per heavy atom. The first-order valence-corrected chi connectivity index (χ1v) is 10.1. The summed E-state index contributed by atoms with van der Waals surface area (Å²) in [5, 5.41) is 9.37. The first-order valence-electron chi connectivity index (χ1n) is 9.30. The van der Waals surface area contributed by atoms with Crippen LogP contribution in [0.5, 0.6) is 0 Å². The Kier molecular flexibility index (Phi) is 7.01. The summed E-state index contributed by atoms with van der Waals surface area (Å²) >= 11 is 11.0. The maximum absolute atomic E-state index is 12.5. The van der Waals surface area contributed by atoms with Gasteiger partial charge in [-0.05, 0) is 67.5 Å². The topological polar surface area (TPSA) is 70.2 Å². The van der Waals surface area contributed by atoms with Gasteiger partial charge in [-0.3, -0.25) is 14.9 Å². The number of thiocarbonyl (C=S) groups is 1. The minimum Gasteiger partial charge on any atom is -0.349 e. The second-order valence-corrected chi connectivity index (χ2v) is 7.65. The van der Waals surface area contributed by atoms with Gasteiger partial charge in [0.25, 0.3) is 11.8 Å². The molecule has 0 aliphatic heterocycles. The maximum Gasteiger partial charge on any atom is 0.257 e. The van der Waals surface area contributed by atoms with Gasteiger partial charge in [0.05, 0.1) is 0 Å². The Balaban J connectivity index is 1.57. The molecule has 5 nitrogen and oxygen atoms in total. The molecule has 0 unspecified atom stereocenters. The quantitative estimate of drug-likeness (QED) is 0.641. The number of amides is 2. The number of anilines is 1. The third kappa shape index (κ3) is 5.78. The van der Waals surface area contributed by atoms with E-state index in [1.54, 1.807) is 48.5 Å². The molecule has 0 heterocycles. The Morgan fingerprint density at radius 1 is 0.929 bits per heavy atom. The zero-order chi connectivity index (χ0) is 19.9. The summed E-state index contributed by atoms with van der Waals surface area (Å²) in [5.41, 5.74) is 1.65. The van der Waals surface area contributed by atoms with E-state index in [0.717, 1.165) is 25.7 Å². The highest BCUT2D eigenvalue weighted by molar-refractivity contribution is 7.80. The fourth-order valence-corrected chi connectivity index (χ4v) is 3.53. The van der Waals surface area contributed by atoms with Gasteiger partial charge in [-0.2, -0.15) is 0 Å².